The standard InChI is InChI=1S/C22H27NO5/c1-14-5-3-8-18(9-14)27-13-16-6-4-7-17(10-16)23-22(26)21-15(2)12-28-19(21)11-20(24)25/h4,6-7,10,12,14,18H,3,5,8-9,11,13H2,1-2H3,(H,23,26)(H,24,25). The van der Waals surface area contributed by atoms with Gasteiger partial charge in [-0.1, -0.05) is 31.9 Å². The Morgan fingerprint density at radius 1 is 1.32 bits per heavy atom. The molecule has 0 saturated heterocycles. The van der Waals surface area contributed by atoms with Gasteiger partial charge in [0, 0.05) is 11.3 Å². The molecule has 28 heavy (non-hydrogen) atoms. The zero-order chi connectivity index (χ0) is 20.1. The third kappa shape index (κ3) is 5.23. The molecule has 2 atom stereocenters. The summed E-state index contributed by atoms with van der Waals surface area (Å²) in [4.78, 5) is 23.6. The molecule has 1 fully saturated rings. The number of aliphatic carboxylic acids is 1. The first kappa shape index (κ1) is 20.1. The largest absolute Gasteiger partial charge is 0.481 e. The quantitative estimate of drug-likeness (QED) is 0.729. The lowest BCUT2D eigenvalue weighted by Crippen LogP contribution is -2.21. The molecule has 1 aliphatic carbocycles. The topological polar surface area (TPSA) is 88.8 Å². The summed E-state index contributed by atoms with van der Waals surface area (Å²) in [5, 5.41) is 11.8. The Morgan fingerprint density at radius 2 is 2.14 bits per heavy atom. The fourth-order valence-corrected chi connectivity index (χ4v) is 3.75. The van der Waals surface area contributed by atoms with Crippen molar-refractivity contribution in [2.45, 2.75) is 58.7 Å². The molecule has 1 aliphatic rings. The fourth-order valence-electron chi connectivity index (χ4n) is 3.75. The molecule has 1 aromatic carbocycles. The Labute approximate surface area is 164 Å². The smallest absolute Gasteiger partial charge is 0.311 e. The number of amides is 1. The van der Waals surface area contributed by atoms with E-state index in [0.29, 0.717) is 29.9 Å². The Hall–Kier alpha value is -2.60. The number of hydrogen-bond acceptors (Lipinski definition) is 4. The van der Waals surface area contributed by atoms with Crippen molar-refractivity contribution in [1.29, 1.82) is 0 Å². The van der Waals surface area contributed by atoms with Crippen LogP contribution in [0.1, 0.15) is 59.9 Å². The number of hydrogen-bond donors (Lipinski definition) is 2. The Bertz CT molecular complexity index is 841. The minimum absolute atomic E-state index is 0.161. The lowest BCUT2D eigenvalue weighted by atomic mass is 9.89. The molecule has 6 nitrogen and oxygen atoms in total. The number of furan rings is 1. The number of ether oxygens (including phenoxy) is 1. The normalized spacial score (nSPS) is 19.4. The van der Waals surface area contributed by atoms with E-state index >= 15 is 0 Å². The van der Waals surface area contributed by atoms with Crippen LogP contribution < -0.4 is 5.32 Å². The Kier molecular flexibility index (Phi) is 6.52. The summed E-state index contributed by atoms with van der Waals surface area (Å²) in [5.74, 6) is -0.544. The van der Waals surface area contributed by atoms with E-state index < -0.39 is 5.97 Å². The van der Waals surface area contributed by atoms with Gasteiger partial charge in [-0.2, -0.15) is 0 Å². The molecule has 1 saturated carbocycles. The van der Waals surface area contributed by atoms with Crippen LogP contribution in [0.4, 0.5) is 5.69 Å². The zero-order valence-corrected chi connectivity index (χ0v) is 16.4. The van der Waals surface area contributed by atoms with Gasteiger partial charge in [-0.3, -0.25) is 9.59 Å². The van der Waals surface area contributed by atoms with E-state index in [4.69, 9.17) is 14.3 Å². The van der Waals surface area contributed by atoms with Gasteiger partial charge < -0.3 is 19.6 Å². The van der Waals surface area contributed by atoms with Crippen molar-refractivity contribution < 1.29 is 23.8 Å². The van der Waals surface area contributed by atoms with Crippen molar-refractivity contribution in [3.8, 4) is 0 Å². The predicted octanol–water partition coefficient (Wildman–Crippen LogP) is 4.56. The lowest BCUT2D eigenvalue weighted by molar-refractivity contribution is -0.136. The third-order valence-electron chi connectivity index (χ3n) is 5.15. The highest BCUT2D eigenvalue weighted by Crippen LogP contribution is 2.27. The molecule has 1 amide bonds. The Morgan fingerprint density at radius 3 is 2.89 bits per heavy atom. The maximum atomic E-state index is 12.7. The number of anilines is 1. The second-order valence-corrected chi connectivity index (χ2v) is 7.65. The first-order chi connectivity index (χ1) is 13.4. The van der Waals surface area contributed by atoms with Crippen LogP contribution in [0.5, 0.6) is 0 Å². The Balaban J connectivity index is 1.63. The second-order valence-electron chi connectivity index (χ2n) is 7.65. The number of benzene rings is 1. The second kappa shape index (κ2) is 9.06. The number of aryl methyl sites for hydroxylation is 1. The maximum absolute atomic E-state index is 12.7. The van der Waals surface area contributed by atoms with Gasteiger partial charge >= 0.3 is 5.97 Å². The van der Waals surface area contributed by atoms with E-state index in [0.717, 1.165) is 18.4 Å². The van der Waals surface area contributed by atoms with Crippen LogP contribution >= 0.6 is 0 Å². The van der Waals surface area contributed by atoms with Crippen LogP contribution in [-0.2, 0) is 22.6 Å². The molecule has 0 radical (unpaired) electrons. The predicted molar refractivity (Wildman–Crippen MR) is 105 cm³/mol. The summed E-state index contributed by atoms with van der Waals surface area (Å²) in [5.41, 5.74) is 2.52. The number of rotatable bonds is 7. The van der Waals surface area contributed by atoms with Gasteiger partial charge in [-0.05, 0) is 43.4 Å². The van der Waals surface area contributed by atoms with Gasteiger partial charge in [0.25, 0.3) is 5.91 Å². The van der Waals surface area contributed by atoms with Gasteiger partial charge in [-0.15, -0.1) is 0 Å². The van der Waals surface area contributed by atoms with Crippen LogP contribution in [-0.4, -0.2) is 23.1 Å². The van der Waals surface area contributed by atoms with Crippen LogP contribution in [0.15, 0.2) is 34.9 Å². The van der Waals surface area contributed by atoms with Crippen molar-refractivity contribution in [2.75, 3.05) is 5.32 Å². The molecule has 0 bridgehead atoms. The summed E-state index contributed by atoms with van der Waals surface area (Å²) in [6.07, 6.45) is 6.07. The maximum Gasteiger partial charge on any atom is 0.311 e. The average Bonchev–Trinajstić information content (AvgIpc) is 3.00. The molecule has 3 rings (SSSR count). The molecular weight excluding hydrogens is 358 g/mol. The summed E-state index contributed by atoms with van der Waals surface area (Å²) in [7, 11) is 0. The minimum Gasteiger partial charge on any atom is -0.481 e. The molecule has 1 aromatic heterocycles. The van der Waals surface area contributed by atoms with Crippen LogP contribution in [0.2, 0.25) is 0 Å². The first-order valence-electron chi connectivity index (χ1n) is 9.73. The van der Waals surface area contributed by atoms with Gasteiger partial charge in [0.15, 0.2) is 0 Å². The number of carbonyl (C=O) groups is 2. The number of nitrogens with one attached hydrogen (secondary N) is 1. The van der Waals surface area contributed by atoms with Crippen molar-refractivity contribution in [1.82, 2.24) is 0 Å². The van der Waals surface area contributed by atoms with Crippen molar-refractivity contribution in [3.05, 3.63) is 53.0 Å². The van der Waals surface area contributed by atoms with Gasteiger partial charge in [0.1, 0.15) is 12.2 Å². The first-order valence-corrected chi connectivity index (χ1v) is 9.73. The van der Waals surface area contributed by atoms with E-state index in [9.17, 15) is 9.59 Å². The molecule has 150 valence electrons. The molecule has 2 unspecified atom stereocenters. The molecule has 1 heterocycles. The molecular formula is C22H27NO5. The SMILES string of the molecule is Cc1coc(CC(=O)O)c1C(=O)Nc1cccc(COC2CCCC(C)C2)c1. The lowest BCUT2D eigenvalue weighted by Gasteiger charge is -2.26. The van der Waals surface area contributed by atoms with E-state index in [-0.39, 0.29) is 23.7 Å². The van der Waals surface area contributed by atoms with Gasteiger partial charge in [-0.25, -0.2) is 0 Å². The highest BCUT2D eigenvalue weighted by Gasteiger charge is 2.21. The van der Waals surface area contributed by atoms with E-state index in [1.807, 2.05) is 18.2 Å². The number of carboxylic acid groups (broad SMARTS) is 1. The number of carboxylic acids is 1. The molecule has 2 aromatic rings. The zero-order valence-electron chi connectivity index (χ0n) is 16.4. The fraction of sp³-hybridized carbons (Fsp3) is 0.455. The summed E-state index contributed by atoms with van der Waals surface area (Å²) < 4.78 is 11.3. The molecule has 6 heteroatoms. The van der Waals surface area contributed by atoms with Crippen molar-refractivity contribution >= 4 is 17.6 Å². The molecule has 2 N–H and O–H groups in total. The van der Waals surface area contributed by atoms with Crippen LogP contribution in [0, 0.1) is 12.8 Å². The summed E-state index contributed by atoms with van der Waals surface area (Å²) >= 11 is 0. The van der Waals surface area contributed by atoms with Crippen molar-refractivity contribution in [2.24, 2.45) is 5.92 Å². The highest BCUT2D eigenvalue weighted by molar-refractivity contribution is 6.06. The highest BCUT2D eigenvalue weighted by atomic mass is 16.5. The summed E-state index contributed by atoms with van der Waals surface area (Å²) in [6.45, 7) is 4.50. The van der Waals surface area contributed by atoms with Crippen molar-refractivity contribution in [3.63, 3.8) is 0 Å². The monoisotopic (exact) mass is 385 g/mol. The van der Waals surface area contributed by atoms with Gasteiger partial charge in [0.05, 0.1) is 24.5 Å². The van der Waals surface area contributed by atoms with E-state index in [2.05, 4.69) is 12.2 Å². The molecule has 0 aliphatic heterocycles. The van der Waals surface area contributed by atoms with Crippen LogP contribution in [0.25, 0.3) is 0 Å². The minimum atomic E-state index is -1.04. The number of carbonyl (C=O) groups excluding carboxylic acids is 1. The van der Waals surface area contributed by atoms with E-state index in [1.165, 1.54) is 19.1 Å². The third-order valence-corrected chi connectivity index (χ3v) is 5.15. The van der Waals surface area contributed by atoms with Gasteiger partial charge in [0.2, 0.25) is 0 Å². The summed E-state index contributed by atoms with van der Waals surface area (Å²) in [6, 6.07) is 7.53. The molecule has 0 spiro atoms. The average molecular weight is 385 g/mol. The van der Waals surface area contributed by atoms with E-state index in [1.54, 1.807) is 13.0 Å². The van der Waals surface area contributed by atoms with Crippen LogP contribution in [0.3, 0.4) is 0 Å².